The predicted octanol–water partition coefficient (Wildman–Crippen LogP) is 2.54. The summed E-state index contributed by atoms with van der Waals surface area (Å²) < 4.78 is 26.6. The van der Waals surface area contributed by atoms with E-state index in [1.165, 1.54) is 21.6 Å². The van der Waals surface area contributed by atoms with Gasteiger partial charge < -0.3 is 10.2 Å². The van der Waals surface area contributed by atoms with E-state index in [4.69, 9.17) is 0 Å². The van der Waals surface area contributed by atoms with Crippen LogP contribution in [0.5, 0.6) is 0 Å². The summed E-state index contributed by atoms with van der Waals surface area (Å²) in [6.07, 6.45) is 3.30. The molecule has 1 fully saturated rings. The maximum Gasteiger partial charge on any atom is 0.244 e. The molecule has 0 spiro atoms. The summed E-state index contributed by atoms with van der Waals surface area (Å²) in [5, 5.41) is 3.28. The van der Waals surface area contributed by atoms with Crippen LogP contribution in [0.2, 0.25) is 0 Å². The lowest BCUT2D eigenvalue weighted by atomic mass is 10.1. The number of nitrogens with zero attached hydrogens (tertiary/aromatic N) is 3. The van der Waals surface area contributed by atoms with E-state index in [9.17, 15) is 8.42 Å². The molecule has 0 saturated carbocycles. The molecular formula is C19H26N4O2S. The topological polar surface area (TPSA) is 65.5 Å². The number of hydrogen-bond acceptors (Lipinski definition) is 5. The summed E-state index contributed by atoms with van der Waals surface area (Å²) in [5.74, 6) is 0.671. The summed E-state index contributed by atoms with van der Waals surface area (Å²) in [5.41, 5.74) is 2.47. The molecule has 7 heteroatoms. The van der Waals surface area contributed by atoms with Crippen LogP contribution in [-0.2, 0) is 23.1 Å². The minimum atomic E-state index is -3.41. The number of aromatic nitrogens is 1. The normalized spacial score (nSPS) is 15.5. The van der Waals surface area contributed by atoms with Crippen LogP contribution in [0.4, 0.5) is 5.82 Å². The molecular weight excluding hydrogens is 348 g/mol. The van der Waals surface area contributed by atoms with Crippen molar-refractivity contribution in [1.82, 2.24) is 14.2 Å². The first-order valence-corrected chi connectivity index (χ1v) is 10.3. The summed E-state index contributed by atoms with van der Waals surface area (Å²) in [6, 6.07) is 11.6. The van der Waals surface area contributed by atoms with Gasteiger partial charge in [0.2, 0.25) is 10.0 Å². The minimum Gasteiger partial charge on any atom is -0.366 e. The highest BCUT2D eigenvalue weighted by atomic mass is 32.2. The second kappa shape index (κ2) is 8.16. The van der Waals surface area contributed by atoms with Gasteiger partial charge in [-0.2, -0.15) is 4.31 Å². The summed E-state index contributed by atoms with van der Waals surface area (Å²) in [6.45, 7) is 2.73. The highest BCUT2D eigenvalue weighted by Gasteiger charge is 2.27. The van der Waals surface area contributed by atoms with Crippen molar-refractivity contribution in [3.05, 3.63) is 53.7 Å². The zero-order valence-corrected chi connectivity index (χ0v) is 16.2. The lowest BCUT2D eigenvalue weighted by Crippen LogP contribution is -2.27. The van der Waals surface area contributed by atoms with Gasteiger partial charge in [0.1, 0.15) is 10.7 Å². The molecule has 1 N–H and O–H groups in total. The molecule has 1 aliphatic rings. The van der Waals surface area contributed by atoms with Crippen molar-refractivity contribution in [3.63, 3.8) is 0 Å². The highest BCUT2D eigenvalue weighted by molar-refractivity contribution is 7.89. The smallest absolute Gasteiger partial charge is 0.244 e. The van der Waals surface area contributed by atoms with E-state index in [0.717, 1.165) is 19.4 Å². The number of hydrogen-bond donors (Lipinski definition) is 1. The van der Waals surface area contributed by atoms with Crippen LogP contribution >= 0.6 is 0 Å². The number of pyridine rings is 1. The van der Waals surface area contributed by atoms with Gasteiger partial charge in [-0.3, -0.25) is 0 Å². The molecule has 0 aliphatic carbocycles. The van der Waals surface area contributed by atoms with Crippen LogP contribution in [0.3, 0.4) is 0 Å². The molecule has 1 aromatic carbocycles. The van der Waals surface area contributed by atoms with Gasteiger partial charge in [-0.05, 0) is 50.2 Å². The molecule has 6 nitrogen and oxygen atoms in total. The second-order valence-electron chi connectivity index (χ2n) is 6.85. The number of rotatable bonds is 7. The molecule has 0 radical (unpaired) electrons. The molecule has 3 rings (SSSR count). The van der Waals surface area contributed by atoms with E-state index in [1.54, 1.807) is 12.1 Å². The van der Waals surface area contributed by atoms with Gasteiger partial charge in [0.25, 0.3) is 0 Å². The van der Waals surface area contributed by atoms with Gasteiger partial charge in [0.15, 0.2) is 0 Å². The van der Waals surface area contributed by atoms with Crippen molar-refractivity contribution in [1.29, 1.82) is 0 Å². The number of nitrogens with one attached hydrogen (secondary N) is 1. The number of anilines is 1. The summed E-state index contributed by atoms with van der Waals surface area (Å²) in [7, 11) is 0.689. The number of sulfonamides is 1. The average Bonchev–Trinajstić information content (AvgIpc) is 3.16. The van der Waals surface area contributed by atoms with Crippen molar-refractivity contribution in [2.24, 2.45) is 0 Å². The second-order valence-corrected chi connectivity index (χ2v) is 8.79. The van der Waals surface area contributed by atoms with E-state index < -0.39 is 10.0 Å². The molecule has 0 atom stereocenters. The Morgan fingerprint density at radius 2 is 1.77 bits per heavy atom. The molecule has 1 aliphatic heterocycles. The van der Waals surface area contributed by atoms with Crippen LogP contribution in [0, 0.1) is 0 Å². The van der Waals surface area contributed by atoms with Crippen molar-refractivity contribution in [2.45, 2.75) is 30.8 Å². The fourth-order valence-corrected chi connectivity index (χ4v) is 4.59. The predicted molar refractivity (Wildman–Crippen MR) is 103 cm³/mol. The zero-order valence-electron chi connectivity index (χ0n) is 15.4. The van der Waals surface area contributed by atoms with Crippen molar-refractivity contribution < 1.29 is 8.42 Å². The molecule has 140 valence electrons. The first-order valence-electron chi connectivity index (χ1n) is 8.88. The Hall–Kier alpha value is -1.96. The fraction of sp³-hybridized carbons (Fsp3) is 0.421. The molecule has 2 aromatic rings. The molecule has 1 saturated heterocycles. The van der Waals surface area contributed by atoms with Crippen LogP contribution in [0.25, 0.3) is 0 Å². The Bertz CT molecular complexity index is 829. The fourth-order valence-electron chi connectivity index (χ4n) is 3.13. The first kappa shape index (κ1) is 18.8. The van der Waals surface area contributed by atoms with Gasteiger partial charge in [-0.25, -0.2) is 13.4 Å². The average molecular weight is 375 g/mol. The zero-order chi connectivity index (χ0) is 18.6. The Kier molecular flexibility index (Phi) is 5.90. The van der Waals surface area contributed by atoms with Gasteiger partial charge in [0.05, 0.1) is 0 Å². The third kappa shape index (κ3) is 4.41. The largest absolute Gasteiger partial charge is 0.366 e. The van der Waals surface area contributed by atoms with Crippen LogP contribution in [0.15, 0.2) is 47.5 Å². The van der Waals surface area contributed by atoms with Crippen molar-refractivity contribution in [3.8, 4) is 0 Å². The number of benzene rings is 1. The third-order valence-electron chi connectivity index (χ3n) is 4.50. The first-order chi connectivity index (χ1) is 12.5. The SMILES string of the molecule is CN(C)Cc1ccccc1CNc1ccc(S(=O)(=O)N2CCCC2)cn1. The molecule has 0 amide bonds. The lowest BCUT2D eigenvalue weighted by molar-refractivity contribution is 0.401. The van der Waals surface area contributed by atoms with Gasteiger partial charge in [0, 0.05) is 32.4 Å². The van der Waals surface area contributed by atoms with Crippen molar-refractivity contribution in [2.75, 3.05) is 32.5 Å². The van der Waals surface area contributed by atoms with Gasteiger partial charge >= 0.3 is 0 Å². The Morgan fingerprint density at radius 1 is 1.08 bits per heavy atom. The quantitative estimate of drug-likeness (QED) is 0.807. The van der Waals surface area contributed by atoms with Gasteiger partial charge in [-0.15, -0.1) is 0 Å². The maximum absolute atomic E-state index is 12.5. The standard InChI is InChI=1S/C19H26N4O2S/c1-22(2)15-17-8-4-3-7-16(17)13-20-19-10-9-18(14-21-19)26(24,25)23-11-5-6-12-23/h3-4,7-10,14H,5-6,11-13,15H2,1-2H3,(H,20,21). The van der Waals surface area contributed by atoms with E-state index in [-0.39, 0.29) is 4.90 Å². The van der Waals surface area contributed by atoms with E-state index >= 15 is 0 Å². The van der Waals surface area contributed by atoms with E-state index in [0.29, 0.717) is 25.5 Å². The van der Waals surface area contributed by atoms with E-state index in [2.05, 4.69) is 27.3 Å². The molecule has 0 unspecified atom stereocenters. The molecule has 1 aromatic heterocycles. The summed E-state index contributed by atoms with van der Waals surface area (Å²) in [4.78, 5) is 6.69. The Morgan fingerprint density at radius 3 is 2.38 bits per heavy atom. The lowest BCUT2D eigenvalue weighted by Gasteiger charge is -2.16. The molecule has 2 heterocycles. The minimum absolute atomic E-state index is 0.262. The maximum atomic E-state index is 12.5. The van der Waals surface area contributed by atoms with Crippen LogP contribution < -0.4 is 5.32 Å². The third-order valence-corrected chi connectivity index (χ3v) is 6.39. The molecule has 26 heavy (non-hydrogen) atoms. The van der Waals surface area contributed by atoms with Crippen molar-refractivity contribution >= 4 is 15.8 Å². The highest BCUT2D eigenvalue weighted by Crippen LogP contribution is 2.21. The van der Waals surface area contributed by atoms with Crippen LogP contribution in [-0.4, -0.2) is 49.8 Å². The summed E-state index contributed by atoms with van der Waals surface area (Å²) >= 11 is 0. The molecule has 0 bridgehead atoms. The van der Waals surface area contributed by atoms with Crippen LogP contribution in [0.1, 0.15) is 24.0 Å². The van der Waals surface area contributed by atoms with Gasteiger partial charge in [-0.1, -0.05) is 24.3 Å². The van der Waals surface area contributed by atoms with E-state index in [1.807, 2.05) is 26.2 Å². The monoisotopic (exact) mass is 374 g/mol. The Labute approximate surface area is 155 Å². The Balaban J connectivity index is 1.67.